The van der Waals surface area contributed by atoms with Crippen LogP contribution in [0.25, 0.3) is 21.1 Å². The van der Waals surface area contributed by atoms with Crippen molar-refractivity contribution < 1.29 is 22.4 Å². The van der Waals surface area contributed by atoms with E-state index in [1.165, 1.54) is 44.4 Å². The summed E-state index contributed by atoms with van der Waals surface area (Å²) in [5.74, 6) is -0.186. The smallest absolute Gasteiger partial charge is 0.396 e. The van der Waals surface area contributed by atoms with Crippen LogP contribution < -0.4 is 14.0 Å². The molecule has 0 saturated carbocycles. The molecule has 1 aromatic heterocycles. The third-order valence-electron chi connectivity index (χ3n) is 4.42. The van der Waals surface area contributed by atoms with E-state index in [1.54, 1.807) is 24.3 Å². The highest BCUT2D eigenvalue weighted by Crippen LogP contribution is 2.37. The van der Waals surface area contributed by atoms with E-state index in [4.69, 9.17) is 9.15 Å². The number of ether oxygens (including phenoxy) is 1. The molecule has 0 N–H and O–H groups in total. The zero-order valence-electron chi connectivity index (χ0n) is 15.4. The van der Waals surface area contributed by atoms with Crippen LogP contribution >= 0.6 is 11.3 Å². The Hall–Kier alpha value is -3.17. The van der Waals surface area contributed by atoms with Crippen LogP contribution in [0.4, 0.5) is 5.69 Å². The number of anilines is 1. The summed E-state index contributed by atoms with van der Waals surface area (Å²) >= 11 is 0.850. The van der Waals surface area contributed by atoms with Gasteiger partial charge in [0.15, 0.2) is 5.58 Å². The van der Waals surface area contributed by atoms with E-state index >= 15 is 0 Å². The number of carbonyl (C=O) groups is 1. The maximum atomic E-state index is 13.3. The molecule has 29 heavy (non-hydrogen) atoms. The van der Waals surface area contributed by atoms with Gasteiger partial charge in [0, 0.05) is 17.7 Å². The lowest BCUT2D eigenvalue weighted by Gasteiger charge is -2.23. The summed E-state index contributed by atoms with van der Waals surface area (Å²) in [5, 5.41) is 1.03. The van der Waals surface area contributed by atoms with Crippen LogP contribution in [-0.2, 0) is 14.8 Å². The molecule has 7 nitrogen and oxygen atoms in total. The largest absolute Gasteiger partial charge is 0.497 e. The minimum atomic E-state index is -4.21. The first kappa shape index (κ1) is 19.2. The Labute approximate surface area is 169 Å². The minimum Gasteiger partial charge on any atom is -0.497 e. The summed E-state index contributed by atoms with van der Waals surface area (Å²) in [5.41, 5.74) is 0.526. The summed E-state index contributed by atoms with van der Waals surface area (Å²) in [6, 6.07) is 14.1. The topological polar surface area (TPSA) is 93.9 Å². The van der Waals surface area contributed by atoms with Gasteiger partial charge in [-0.25, -0.2) is 17.5 Å². The second-order valence-electron chi connectivity index (χ2n) is 6.19. The number of amides is 1. The molecule has 0 atom stereocenters. The van der Waals surface area contributed by atoms with Crippen LogP contribution in [0.2, 0.25) is 0 Å². The van der Waals surface area contributed by atoms with E-state index in [0.717, 1.165) is 15.6 Å². The zero-order chi connectivity index (χ0) is 20.8. The molecule has 4 rings (SSSR count). The Morgan fingerprint density at radius 1 is 1.07 bits per heavy atom. The number of rotatable bonds is 4. The molecule has 0 aliphatic carbocycles. The molecule has 0 radical (unpaired) electrons. The summed E-state index contributed by atoms with van der Waals surface area (Å²) in [4.78, 5) is 23.7. The number of methoxy groups -OCH3 is 1. The lowest BCUT2D eigenvalue weighted by atomic mass is 10.1. The minimum absolute atomic E-state index is 0.0574. The van der Waals surface area contributed by atoms with Gasteiger partial charge in [0.25, 0.3) is 10.0 Å². The molecule has 0 spiro atoms. The quantitative estimate of drug-likeness (QED) is 0.490. The van der Waals surface area contributed by atoms with Gasteiger partial charge in [-0.2, -0.15) is 0 Å². The SMILES string of the molecule is COc1ccc(S(=O)(=O)N(C(C)=O)c2cc3sc(=O)oc3c3ccccc23)cc1. The second-order valence-corrected chi connectivity index (χ2v) is 8.95. The van der Waals surface area contributed by atoms with E-state index < -0.39 is 20.9 Å². The maximum Gasteiger partial charge on any atom is 0.396 e. The summed E-state index contributed by atoms with van der Waals surface area (Å²) in [6.07, 6.45) is 0. The second kappa shape index (κ2) is 7.02. The van der Waals surface area contributed by atoms with Gasteiger partial charge in [0.1, 0.15) is 5.75 Å². The molecule has 0 aliphatic heterocycles. The van der Waals surface area contributed by atoms with Gasteiger partial charge < -0.3 is 9.15 Å². The normalized spacial score (nSPS) is 11.7. The standard InChI is InChI=1S/C20H15NO6S2/c1-12(22)21(29(24,25)14-9-7-13(26-2)8-10-14)17-11-18-19(27-20(23)28-18)16-6-4-3-5-15(16)17/h3-11H,1-2H3. The monoisotopic (exact) mass is 429 g/mol. The van der Waals surface area contributed by atoms with E-state index in [2.05, 4.69) is 0 Å². The Kier molecular flexibility index (Phi) is 4.64. The Balaban J connectivity index is 2.01. The average Bonchev–Trinajstić information content (AvgIpc) is 3.08. The Morgan fingerprint density at radius 3 is 2.34 bits per heavy atom. The number of benzene rings is 3. The predicted molar refractivity (Wildman–Crippen MR) is 111 cm³/mol. The Bertz CT molecular complexity index is 1400. The number of fused-ring (bicyclic) bond motifs is 3. The molecular weight excluding hydrogens is 414 g/mol. The van der Waals surface area contributed by atoms with E-state index in [9.17, 15) is 18.0 Å². The van der Waals surface area contributed by atoms with Crippen LogP contribution in [-0.4, -0.2) is 21.4 Å². The van der Waals surface area contributed by atoms with Gasteiger partial charge in [-0.15, -0.1) is 0 Å². The Morgan fingerprint density at radius 2 is 1.72 bits per heavy atom. The molecular formula is C20H15NO6S2. The fourth-order valence-corrected chi connectivity index (χ4v) is 5.33. The lowest BCUT2D eigenvalue weighted by Crippen LogP contribution is -2.35. The highest BCUT2D eigenvalue weighted by molar-refractivity contribution is 7.93. The van der Waals surface area contributed by atoms with Crippen molar-refractivity contribution >= 4 is 54.0 Å². The number of nitrogens with zero attached hydrogens (tertiary/aromatic N) is 1. The molecule has 0 aliphatic rings. The predicted octanol–water partition coefficient (Wildman–Crippen LogP) is 3.76. The molecule has 1 heterocycles. The van der Waals surface area contributed by atoms with Crippen LogP contribution in [0, 0.1) is 0 Å². The zero-order valence-corrected chi connectivity index (χ0v) is 17.0. The van der Waals surface area contributed by atoms with Crippen molar-refractivity contribution in [3.05, 3.63) is 64.3 Å². The average molecular weight is 429 g/mol. The third kappa shape index (κ3) is 3.18. The van der Waals surface area contributed by atoms with E-state index in [-0.39, 0.29) is 10.6 Å². The molecule has 1 amide bonds. The van der Waals surface area contributed by atoms with Gasteiger partial charge in [-0.1, -0.05) is 35.6 Å². The molecule has 9 heteroatoms. The first-order valence-corrected chi connectivity index (χ1v) is 10.7. The molecule has 0 saturated heterocycles. The van der Waals surface area contributed by atoms with Crippen LogP contribution in [0.3, 0.4) is 0 Å². The highest BCUT2D eigenvalue weighted by atomic mass is 32.2. The van der Waals surface area contributed by atoms with Gasteiger partial charge >= 0.3 is 4.94 Å². The van der Waals surface area contributed by atoms with Crippen molar-refractivity contribution in [2.45, 2.75) is 11.8 Å². The first-order valence-electron chi connectivity index (χ1n) is 8.48. The van der Waals surface area contributed by atoms with Gasteiger partial charge in [0.05, 0.1) is 22.4 Å². The molecule has 0 bridgehead atoms. The maximum absolute atomic E-state index is 13.3. The van der Waals surface area contributed by atoms with Crippen molar-refractivity contribution in [1.82, 2.24) is 0 Å². The van der Waals surface area contributed by atoms with Crippen LogP contribution in [0.5, 0.6) is 5.75 Å². The summed E-state index contributed by atoms with van der Waals surface area (Å²) in [7, 11) is -2.73. The van der Waals surface area contributed by atoms with Crippen LogP contribution in [0.1, 0.15) is 6.92 Å². The fraction of sp³-hybridized carbons (Fsp3) is 0.100. The first-order chi connectivity index (χ1) is 13.8. The van der Waals surface area contributed by atoms with Crippen molar-refractivity contribution in [3.63, 3.8) is 0 Å². The molecule has 148 valence electrons. The van der Waals surface area contributed by atoms with Crippen molar-refractivity contribution in [2.24, 2.45) is 0 Å². The number of hydrogen-bond donors (Lipinski definition) is 0. The molecule has 3 aromatic carbocycles. The molecule has 0 unspecified atom stereocenters. The number of hydrogen-bond acceptors (Lipinski definition) is 7. The van der Waals surface area contributed by atoms with Gasteiger partial charge in [-0.3, -0.25) is 4.79 Å². The van der Waals surface area contributed by atoms with Crippen LogP contribution in [0.15, 0.2) is 68.7 Å². The summed E-state index contributed by atoms with van der Waals surface area (Å²) < 4.78 is 38.2. The molecule has 4 aromatic rings. The van der Waals surface area contributed by atoms with E-state index in [0.29, 0.717) is 26.8 Å². The van der Waals surface area contributed by atoms with Gasteiger partial charge in [0.2, 0.25) is 5.91 Å². The number of carbonyl (C=O) groups excluding carboxylic acids is 1. The molecule has 0 fully saturated rings. The third-order valence-corrected chi connectivity index (χ3v) is 7.00. The van der Waals surface area contributed by atoms with E-state index in [1.807, 2.05) is 0 Å². The van der Waals surface area contributed by atoms with Crippen molar-refractivity contribution in [2.75, 3.05) is 11.4 Å². The van der Waals surface area contributed by atoms with Gasteiger partial charge in [-0.05, 0) is 30.3 Å². The summed E-state index contributed by atoms with van der Waals surface area (Å²) in [6.45, 7) is 1.18. The highest BCUT2D eigenvalue weighted by Gasteiger charge is 2.31. The van der Waals surface area contributed by atoms with Crippen molar-refractivity contribution in [1.29, 1.82) is 0 Å². The number of sulfonamides is 1. The lowest BCUT2D eigenvalue weighted by molar-refractivity contribution is -0.115. The van der Waals surface area contributed by atoms with Crippen molar-refractivity contribution in [3.8, 4) is 5.75 Å². The fourth-order valence-electron chi connectivity index (χ4n) is 3.17.